The zero-order valence-corrected chi connectivity index (χ0v) is 15.4. The monoisotopic (exact) mass is 386 g/mol. The molecule has 0 saturated carbocycles. The van der Waals surface area contributed by atoms with E-state index in [0.29, 0.717) is 5.54 Å². The highest BCUT2D eigenvalue weighted by Crippen LogP contribution is 2.38. The van der Waals surface area contributed by atoms with Gasteiger partial charge >= 0.3 is 12.1 Å². The molecule has 150 valence electrons. The molecule has 0 aromatic carbocycles. The quantitative estimate of drug-likeness (QED) is 0.806. The molecule has 0 atom stereocenters. The molecular formula is C18H25F3N4O2. The van der Waals surface area contributed by atoms with E-state index in [1.54, 1.807) is 0 Å². The molecule has 0 radical (unpaired) electrons. The Hall–Kier alpha value is -2.16. The number of halogens is 3. The Kier molecular flexibility index (Phi) is 6.80. The molecule has 0 bridgehead atoms. The van der Waals surface area contributed by atoms with Crippen molar-refractivity contribution in [3.8, 4) is 0 Å². The van der Waals surface area contributed by atoms with Gasteiger partial charge in [-0.25, -0.2) is 14.8 Å². The number of likely N-dealkylation sites (tertiary alicyclic amines) is 1. The minimum absolute atomic E-state index is 0.412. The summed E-state index contributed by atoms with van der Waals surface area (Å²) >= 11 is 0. The Morgan fingerprint density at radius 2 is 1.81 bits per heavy atom. The lowest BCUT2D eigenvalue weighted by Crippen LogP contribution is -2.52. The van der Waals surface area contributed by atoms with Crippen LogP contribution < -0.4 is 4.90 Å². The molecule has 1 N–H and O–H groups in total. The van der Waals surface area contributed by atoms with Gasteiger partial charge in [0.25, 0.3) is 0 Å². The third-order valence-electron chi connectivity index (χ3n) is 5.08. The van der Waals surface area contributed by atoms with Crippen LogP contribution in [-0.4, -0.2) is 63.8 Å². The van der Waals surface area contributed by atoms with Crippen molar-refractivity contribution >= 4 is 11.9 Å². The van der Waals surface area contributed by atoms with Crippen molar-refractivity contribution in [3.05, 3.63) is 30.6 Å². The molecule has 3 heterocycles. The molecule has 2 aliphatic rings. The van der Waals surface area contributed by atoms with E-state index in [1.165, 1.54) is 32.2 Å². The maximum absolute atomic E-state index is 10.6. The number of aryl methyl sites for hydroxylation is 1. The van der Waals surface area contributed by atoms with E-state index in [0.717, 1.165) is 31.1 Å². The molecule has 2 fully saturated rings. The summed E-state index contributed by atoms with van der Waals surface area (Å²) in [6, 6.07) is 0. The summed E-state index contributed by atoms with van der Waals surface area (Å²) in [6.07, 6.45) is 5.88. The molecule has 9 heteroatoms. The standard InChI is InChI=1S/C16H24N4.C2HF3O2/c1-3-8-20-9-4-5-16(20)6-10-19(11-7-16)15-17-12-14(2)13-18-15;3-2(4,5)1(6)7/h3,12-13H,1,4-11H2,2H3;(H,6,7). The molecule has 2 aliphatic heterocycles. The maximum atomic E-state index is 10.6. The normalized spacial score (nSPS) is 19.5. The Morgan fingerprint density at radius 1 is 1.26 bits per heavy atom. The number of carboxylic acid groups (broad SMARTS) is 1. The van der Waals surface area contributed by atoms with Gasteiger partial charge in [0, 0.05) is 37.6 Å². The van der Waals surface area contributed by atoms with Crippen LogP contribution in [0.1, 0.15) is 31.2 Å². The van der Waals surface area contributed by atoms with Crippen molar-refractivity contribution in [1.82, 2.24) is 14.9 Å². The van der Waals surface area contributed by atoms with Gasteiger partial charge in [0.2, 0.25) is 5.95 Å². The van der Waals surface area contributed by atoms with Gasteiger partial charge in [0.15, 0.2) is 0 Å². The molecule has 3 rings (SSSR count). The molecule has 1 aromatic rings. The minimum atomic E-state index is -5.08. The number of nitrogens with zero attached hydrogens (tertiary/aromatic N) is 4. The van der Waals surface area contributed by atoms with E-state index in [2.05, 4.69) is 26.3 Å². The predicted octanol–water partition coefficient (Wildman–Crippen LogP) is 3.04. The summed E-state index contributed by atoms with van der Waals surface area (Å²) in [6.45, 7) is 10.3. The Labute approximate surface area is 156 Å². The van der Waals surface area contributed by atoms with Gasteiger partial charge in [-0.15, -0.1) is 6.58 Å². The van der Waals surface area contributed by atoms with Crippen molar-refractivity contribution in [2.24, 2.45) is 0 Å². The number of rotatable bonds is 3. The third kappa shape index (κ3) is 5.41. The molecule has 0 amide bonds. The number of carbonyl (C=O) groups is 1. The summed E-state index contributed by atoms with van der Waals surface area (Å²) in [7, 11) is 0. The second kappa shape index (κ2) is 8.69. The highest BCUT2D eigenvalue weighted by atomic mass is 19.4. The highest BCUT2D eigenvalue weighted by Gasteiger charge is 2.42. The number of hydrogen-bond donors (Lipinski definition) is 1. The molecule has 1 aromatic heterocycles. The summed E-state index contributed by atoms with van der Waals surface area (Å²) in [4.78, 5) is 22.8. The summed E-state index contributed by atoms with van der Waals surface area (Å²) < 4.78 is 31.7. The average molecular weight is 386 g/mol. The zero-order chi connectivity index (χ0) is 20.1. The fourth-order valence-electron chi connectivity index (χ4n) is 3.67. The summed E-state index contributed by atoms with van der Waals surface area (Å²) in [5.41, 5.74) is 1.53. The van der Waals surface area contributed by atoms with Crippen molar-refractivity contribution in [2.45, 2.75) is 44.3 Å². The highest BCUT2D eigenvalue weighted by molar-refractivity contribution is 5.73. The Balaban J connectivity index is 0.000000321. The van der Waals surface area contributed by atoms with Crippen molar-refractivity contribution < 1.29 is 23.1 Å². The van der Waals surface area contributed by atoms with Crippen molar-refractivity contribution in [2.75, 3.05) is 31.1 Å². The van der Waals surface area contributed by atoms with Gasteiger partial charge in [0.05, 0.1) is 0 Å². The number of piperidine rings is 1. The number of aromatic nitrogens is 2. The minimum Gasteiger partial charge on any atom is -0.475 e. The fourth-order valence-corrected chi connectivity index (χ4v) is 3.67. The number of hydrogen-bond acceptors (Lipinski definition) is 5. The Bertz CT molecular complexity index is 641. The van der Waals surface area contributed by atoms with Gasteiger partial charge in [0.1, 0.15) is 0 Å². The Morgan fingerprint density at radius 3 is 2.30 bits per heavy atom. The molecule has 6 nitrogen and oxygen atoms in total. The van der Waals surface area contributed by atoms with E-state index in [1.807, 2.05) is 25.4 Å². The van der Waals surface area contributed by atoms with Gasteiger partial charge in [-0.05, 0) is 44.7 Å². The smallest absolute Gasteiger partial charge is 0.475 e. The van der Waals surface area contributed by atoms with Gasteiger partial charge in [-0.1, -0.05) is 6.08 Å². The van der Waals surface area contributed by atoms with Crippen LogP contribution in [0.15, 0.2) is 25.0 Å². The van der Waals surface area contributed by atoms with Crippen LogP contribution in [0.4, 0.5) is 19.1 Å². The first-order chi connectivity index (χ1) is 12.7. The first-order valence-corrected chi connectivity index (χ1v) is 8.87. The second-order valence-electron chi connectivity index (χ2n) is 6.91. The number of anilines is 1. The van der Waals surface area contributed by atoms with E-state index in [-0.39, 0.29) is 0 Å². The summed E-state index contributed by atoms with van der Waals surface area (Å²) in [5.74, 6) is -1.87. The predicted molar refractivity (Wildman–Crippen MR) is 95.6 cm³/mol. The topological polar surface area (TPSA) is 69.6 Å². The summed E-state index contributed by atoms with van der Waals surface area (Å²) in [5, 5.41) is 7.12. The average Bonchev–Trinajstić information content (AvgIpc) is 2.99. The van der Waals surface area contributed by atoms with Crippen LogP contribution in [0.5, 0.6) is 0 Å². The first-order valence-electron chi connectivity index (χ1n) is 8.87. The van der Waals surface area contributed by atoms with Crippen LogP contribution in [-0.2, 0) is 4.79 Å². The molecule has 27 heavy (non-hydrogen) atoms. The van der Waals surface area contributed by atoms with Gasteiger partial charge in [-0.2, -0.15) is 13.2 Å². The lowest BCUT2D eigenvalue weighted by Gasteiger charge is -2.44. The first kappa shape index (κ1) is 21.1. The largest absolute Gasteiger partial charge is 0.490 e. The van der Waals surface area contributed by atoms with E-state index in [9.17, 15) is 13.2 Å². The van der Waals surface area contributed by atoms with Crippen LogP contribution in [0.25, 0.3) is 0 Å². The molecular weight excluding hydrogens is 361 g/mol. The van der Waals surface area contributed by atoms with Crippen LogP contribution in [0.3, 0.4) is 0 Å². The number of aliphatic carboxylic acids is 1. The maximum Gasteiger partial charge on any atom is 0.490 e. The van der Waals surface area contributed by atoms with Gasteiger partial charge in [-0.3, -0.25) is 4.90 Å². The lowest BCUT2D eigenvalue weighted by atomic mass is 9.85. The van der Waals surface area contributed by atoms with Crippen molar-refractivity contribution in [3.63, 3.8) is 0 Å². The zero-order valence-electron chi connectivity index (χ0n) is 15.4. The third-order valence-corrected chi connectivity index (χ3v) is 5.08. The SMILES string of the molecule is C=CCN1CCCC12CCN(c1ncc(C)cn1)CC2.O=C(O)C(F)(F)F. The number of alkyl halides is 3. The van der Waals surface area contributed by atoms with Crippen LogP contribution >= 0.6 is 0 Å². The van der Waals surface area contributed by atoms with Crippen LogP contribution in [0.2, 0.25) is 0 Å². The molecule has 0 unspecified atom stereocenters. The van der Waals surface area contributed by atoms with Gasteiger partial charge < -0.3 is 10.0 Å². The van der Waals surface area contributed by atoms with E-state index in [4.69, 9.17) is 9.90 Å². The lowest BCUT2D eigenvalue weighted by molar-refractivity contribution is -0.192. The number of carboxylic acids is 1. The molecule has 1 spiro atoms. The van der Waals surface area contributed by atoms with Crippen molar-refractivity contribution in [1.29, 1.82) is 0 Å². The fraction of sp³-hybridized carbons (Fsp3) is 0.611. The van der Waals surface area contributed by atoms with Crippen LogP contribution in [0, 0.1) is 6.92 Å². The molecule has 0 aliphatic carbocycles. The van der Waals surface area contributed by atoms with E-state index < -0.39 is 12.1 Å². The second-order valence-corrected chi connectivity index (χ2v) is 6.91. The van der Waals surface area contributed by atoms with E-state index >= 15 is 0 Å². The molecule has 2 saturated heterocycles.